The van der Waals surface area contributed by atoms with Gasteiger partial charge in [-0.15, -0.1) is 0 Å². The zero-order valence-corrected chi connectivity index (χ0v) is 14.8. The highest BCUT2D eigenvalue weighted by molar-refractivity contribution is 6.32. The normalized spacial score (nSPS) is 14.5. The van der Waals surface area contributed by atoms with E-state index in [0.29, 0.717) is 5.02 Å². The van der Waals surface area contributed by atoms with E-state index in [9.17, 15) is 4.79 Å². The summed E-state index contributed by atoms with van der Waals surface area (Å²) in [6, 6.07) is 15.2. The number of piperidine rings is 1. The number of hydrogen-bond acceptors (Lipinski definition) is 2. The quantitative estimate of drug-likeness (QED) is 0.799. The van der Waals surface area contributed by atoms with Crippen LogP contribution in [-0.4, -0.2) is 19.1 Å². The van der Waals surface area contributed by atoms with Gasteiger partial charge in [-0.25, -0.2) is 4.79 Å². The molecular weight excluding hydrogens is 334 g/mol. The fourth-order valence-corrected chi connectivity index (χ4v) is 3.09. The van der Waals surface area contributed by atoms with E-state index in [0.717, 1.165) is 24.3 Å². The molecule has 0 aromatic heterocycles. The number of nitrogens with one attached hydrogen (secondary N) is 2. The molecule has 0 bridgehead atoms. The molecule has 5 heteroatoms. The number of nitrogens with zero attached hydrogens (tertiary/aromatic N) is 1. The van der Waals surface area contributed by atoms with E-state index >= 15 is 0 Å². The molecule has 0 spiro atoms. The van der Waals surface area contributed by atoms with Crippen LogP contribution >= 0.6 is 11.6 Å². The second kappa shape index (κ2) is 8.58. The summed E-state index contributed by atoms with van der Waals surface area (Å²) in [5.74, 6) is 0. The second-order valence-electron chi connectivity index (χ2n) is 6.05. The molecule has 2 aromatic rings. The first-order chi connectivity index (χ1) is 12.2. The van der Waals surface area contributed by atoms with Gasteiger partial charge in [-0.05, 0) is 61.2 Å². The number of hydrogen-bond donors (Lipinski definition) is 2. The van der Waals surface area contributed by atoms with Crippen LogP contribution in [0.1, 0.15) is 24.8 Å². The van der Waals surface area contributed by atoms with Gasteiger partial charge in [0, 0.05) is 35.7 Å². The molecule has 0 saturated carbocycles. The van der Waals surface area contributed by atoms with Gasteiger partial charge in [0.1, 0.15) is 0 Å². The third kappa shape index (κ3) is 5.00. The molecule has 3 rings (SSSR count). The summed E-state index contributed by atoms with van der Waals surface area (Å²) < 4.78 is 0. The van der Waals surface area contributed by atoms with Crippen molar-refractivity contribution in [1.82, 2.24) is 5.32 Å². The van der Waals surface area contributed by atoms with Crippen molar-refractivity contribution >= 4 is 35.1 Å². The zero-order chi connectivity index (χ0) is 17.5. The molecule has 1 fully saturated rings. The number of urea groups is 1. The van der Waals surface area contributed by atoms with Crippen molar-refractivity contribution in [3.05, 3.63) is 65.3 Å². The van der Waals surface area contributed by atoms with Crippen LogP contribution < -0.4 is 15.5 Å². The molecule has 25 heavy (non-hydrogen) atoms. The van der Waals surface area contributed by atoms with Gasteiger partial charge in [0.05, 0.1) is 0 Å². The highest BCUT2D eigenvalue weighted by Gasteiger charge is 2.10. The minimum Gasteiger partial charge on any atom is -0.372 e. The van der Waals surface area contributed by atoms with Crippen LogP contribution in [0.2, 0.25) is 5.02 Å². The summed E-state index contributed by atoms with van der Waals surface area (Å²) in [5, 5.41) is 6.15. The lowest BCUT2D eigenvalue weighted by Crippen LogP contribution is -2.29. The Morgan fingerprint density at radius 1 is 1.00 bits per heavy atom. The third-order valence-electron chi connectivity index (χ3n) is 4.23. The van der Waals surface area contributed by atoms with Gasteiger partial charge in [-0.3, -0.25) is 0 Å². The summed E-state index contributed by atoms with van der Waals surface area (Å²) in [6.07, 6.45) is 7.17. The summed E-state index contributed by atoms with van der Waals surface area (Å²) >= 11 is 6.06. The molecule has 1 heterocycles. The molecule has 0 aliphatic carbocycles. The molecule has 1 aliphatic rings. The van der Waals surface area contributed by atoms with Gasteiger partial charge in [0.2, 0.25) is 0 Å². The van der Waals surface area contributed by atoms with Crippen LogP contribution in [0.4, 0.5) is 16.2 Å². The van der Waals surface area contributed by atoms with Crippen LogP contribution in [-0.2, 0) is 0 Å². The highest BCUT2D eigenvalue weighted by Crippen LogP contribution is 2.21. The van der Waals surface area contributed by atoms with Gasteiger partial charge in [0.25, 0.3) is 0 Å². The molecule has 1 aliphatic heterocycles. The number of carbonyl (C=O) groups is 1. The van der Waals surface area contributed by atoms with Gasteiger partial charge < -0.3 is 15.5 Å². The fourth-order valence-electron chi connectivity index (χ4n) is 2.89. The van der Waals surface area contributed by atoms with Gasteiger partial charge in [-0.1, -0.05) is 29.8 Å². The summed E-state index contributed by atoms with van der Waals surface area (Å²) in [6.45, 7) is 2.22. The van der Waals surface area contributed by atoms with Crippen molar-refractivity contribution in [1.29, 1.82) is 0 Å². The van der Waals surface area contributed by atoms with E-state index in [-0.39, 0.29) is 6.03 Å². The number of halogens is 1. The van der Waals surface area contributed by atoms with Crippen molar-refractivity contribution in [2.75, 3.05) is 23.3 Å². The van der Waals surface area contributed by atoms with Gasteiger partial charge >= 0.3 is 6.03 Å². The lowest BCUT2D eigenvalue weighted by molar-refractivity contribution is 0.255. The molecule has 4 nitrogen and oxygen atoms in total. The van der Waals surface area contributed by atoms with Crippen molar-refractivity contribution < 1.29 is 4.79 Å². The molecular formula is C20H22ClN3O. The number of amides is 2. The molecule has 0 unspecified atom stereocenters. The lowest BCUT2D eigenvalue weighted by Gasteiger charge is -2.28. The van der Waals surface area contributed by atoms with Crippen LogP contribution in [0.3, 0.4) is 0 Å². The zero-order valence-electron chi connectivity index (χ0n) is 14.0. The maximum atomic E-state index is 12.0. The summed E-state index contributed by atoms with van der Waals surface area (Å²) in [4.78, 5) is 14.3. The van der Waals surface area contributed by atoms with Crippen molar-refractivity contribution in [2.45, 2.75) is 19.3 Å². The van der Waals surface area contributed by atoms with E-state index in [1.807, 2.05) is 36.4 Å². The van der Waals surface area contributed by atoms with Crippen LogP contribution in [0.25, 0.3) is 6.08 Å². The monoisotopic (exact) mass is 355 g/mol. The predicted molar refractivity (Wildman–Crippen MR) is 105 cm³/mol. The molecule has 1 saturated heterocycles. The Morgan fingerprint density at radius 3 is 2.44 bits per heavy atom. The standard InChI is InChI=1S/C20H22ClN3O/c21-19-7-3-2-6-16(19)12-13-22-20(25)23-17-8-10-18(11-9-17)24-14-4-1-5-15-24/h2-3,6-13H,1,4-5,14-15H2,(H2,22,23,25)/b13-12+. The van der Waals surface area contributed by atoms with Crippen LogP contribution in [0.5, 0.6) is 0 Å². The Labute approximate surface area is 153 Å². The Bertz CT molecular complexity index is 737. The average molecular weight is 356 g/mol. The maximum Gasteiger partial charge on any atom is 0.323 e. The lowest BCUT2D eigenvalue weighted by atomic mass is 10.1. The van der Waals surface area contributed by atoms with Crippen molar-refractivity contribution in [3.63, 3.8) is 0 Å². The van der Waals surface area contributed by atoms with E-state index in [2.05, 4.69) is 27.7 Å². The van der Waals surface area contributed by atoms with E-state index in [1.54, 1.807) is 12.3 Å². The molecule has 2 N–H and O–H groups in total. The van der Waals surface area contributed by atoms with E-state index < -0.39 is 0 Å². The minimum atomic E-state index is -0.283. The Hall–Kier alpha value is -2.46. The average Bonchev–Trinajstić information content (AvgIpc) is 2.65. The number of anilines is 2. The minimum absolute atomic E-state index is 0.283. The van der Waals surface area contributed by atoms with Crippen molar-refractivity contribution in [2.24, 2.45) is 0 Å². The topological polar surface area (TPSA) is 44.4 Å². The highest BCUT2D eigenvalue weighted by atomic mass is 35.5. The van der Waals surface area contributed by atoms with E-state index in [1.165, 1.54) is 24.9 Å². The second-order valence-corrected chi connectivity index (χ2v) is 6.46. The predicted octanol–water partition coefficient (Wildman–Crippen LogP) is 5.12. The summed E-state index contributed by atoms with van der Waals surface area (Å²) in [7, 11) is 0. The number of carbonyl (C=O) groups excluding carboxylic acids is 1. The smallest absolute Gasteiger partial charge is 0.323 e. The number of rotatable bonds is 4. The fraction of sp³-hybridized carbons (Fsp3) is 0.250. The number of benzene rings is 2. The molecule has 0 radical (unpaired) electrons. The molecule has 2 amide bonds. The van der Waals surface area contributed by atoms with Gasteiger partial charge in [-0.2, -0.15) is 0 Å². The van der Waals surface area contributed by atoms with Crippen LogP contribution in [0.15, 0.2) is 54.7 Å². The Morgan fingerprint density at radius 2 is 1.72 bits per heavy atom. The maximum absolute atomic E-state index is 12.0. The summed E-state index contributed by atoms with van der Waals surface area (Å²) in [5.41, 5.74) is 2.84. The third-order valence-corrected chi connectivity index (χ3v) is 4.57. The Balaban J connectivity index is 1.51. The molecule has 130 valence electrons. The Kier molecular flexibility index (Phi) is 5.96. The molecule has 2 aromatic carbocycles. The first-order valence-electron chi connectivity index (χ1n) is 8.56. The largest absolute Gasteiger partial charge is 0.372 e. The van der Waals surface area contributed by atoms with Crippen LogP contribution in [0, 0.1) is 0 Å². The van der Waals surface area contributed by atoms with Crippen molar-refractivity contribution in [3.8, 4) is 0 Å². The first kappa shape index (κ1) is 17.4. The van der Waals surface area contributed by atoms with Gasteiger partial charge in [0.15, 0.2) is 0 Å². The molecule has 0 atom stereocenters. The SMILES string of the molecule is O=C(N/C=C/c1ccccc1Cl)Nc1ccc(N2CCCCC2)cc1. The first-order valence-corrected chi connectivity index (χ1v) is 8.94. The van der Waals surface area contributed by atoms with E-state index in [4.69, 9.17) is 11.6 Å².